The van der Waals surface area contributed by atoms with Gasteiger partial charge in [0.05, 0.1) is 24.9 Å². The molecule has 0 bridgehead atoms. The van der Waals surface area contributed by atoms with Gasteiger partial charge < -0.3 is 10.4 Å². The molecule has 0 fully saturated rings. The molecule has 10 heteroatoms. The highest BCUT2D eigenvalue weighted by atomic mass is 19.1. The van der Waals surface area contributed by atoms with Gasteiger partial charge in [0.2, 0.25) is 0 Å². The monoisotopic (exact) mass is 489 g/mol. The Morgan fingerprint density at radius 3 is 2.44 bits per heavy atom. The van der Waals surface area contributed by atoms with Crippen molar-refractivity contribution in [2.24, 2.45) is 0 Å². The van der Waals surface area contributed by atoms with Gasteiger partial charge in [0.15, 0.2) is 17.7 Å². The summed E-state index contributed by atoms with van der Waals surface area (Å²) in [5.74, 6) is -1.93. The smallest absolute Gasteiger partial charge is 0.274 e. The van der Waals surface area contributed by atoms with Gasteiger partial charge in [-0.3, -0.25) is 14.4 Å². The van der Waals surface area contributed by atoms with Crippen LogP contribution < -0.4 is 10.8 Å². The van der Waals surface area contributed by atoms with Crippen molar-refractivity contribution in [2.45, 2.75) is 18.6 Å². The molecule has 0 saturated heterocycles. The van der Waals surface area contributed by atoms with E-state index in [0.29, 0.717) is 5.56 Å². The Balaban J connectivity index is 1.63. The highest BCUT2D eigenvalue weighted by Gasteiger charge is 2.29. The number of hydrogen-bond donors (Lipinski definition) is 3. The van der Waals surface area contributed by atoms with Gasteiger partial charge in [0.25, 0.3) is 11.8 Å². The molecule has 0 aliphatic carbocycles. The Bertz CT molecular complexity index is 1330. The number of carbonyl (C=O) groups excluding carboxylic acids is 2. The van der Waals surface area contributed by atoms with Crippen LogP contribution in [0.1, 0.15) is 15.9 Å². The molecule has 2 amide bonds. The summed E-state index contributed by atoms with van der Waals surface area (Å²) in [6.45, 7) is 0. The largest absolute Gasteiger partial charge is 0.381 e. The SMILES string of the molecule is CONC(=O)C(O)C(Cc1ccccc1)NC(=O)c1cccnc1-n1cc(F)c(-c2ccccc2)n1. The Labute approximate surface area is 206 Å². The topological polar surface area (TPSA) is 118 Å². The highest BCUT2D eigenvalue weighted by Crippen LogP contribution is 2.23. The standard InChI is InChI=1S/C26H24FN5O4/c1-36-31-26(35)23(33)21(15-17-9-4-2-5-10-17)29-25(34)19-13-8-14-28-24(19)32-16-20(27)22(30-32)18-11-6-3-7-12-18/h2-14,16,21,23,33H,15H2,1H3,(H,29,34)(H,31,35). The van der Waals surface area contributed by atoms with E-state index in [1.54, 1.807) is 30.3 Å². The Hall–Kier alpha value is -4.41. The Morgan fingerprint density at radius 1 is 1.06 bits per heavy atom. The average Bonchev–Trinajstić information content (AvgIpc) is 3.30. The van der Waals surface area contributed by atoms with Crippen LogP contribution in [0.25, 0.3) is 17.1 Å². The summed E-state index contributed by atoms with van der Waals surface area (Å²) in [7, 11) is 1.24. The van der Waals surface area contributed by atoms with Crippen molar-refractivity contribution in [1.29, 1.82) is 0 Å². The van der Waals surface area contributed by atoms with Crippen LogP contribution in [-0.2, 0) is 16.1 Å². The van der Waals surface area contributed by atoms with Gasteiger partial charge in [-0.05, 0) is 24.1 Å². The first kappa shape index (κ1) is 24.7. The zero-order chi connectivity index (χ0) is 25.5. The van der Waals surface area contributed by atoms with Crippen molar-refractivity contribution < 1.29 is 23.9 Å². The number of nitrogens with one attached hydrogen (secondary N) is 2. The van der Waals surface area contributed by atoms with Crippen LogP contribution in [-0.4, -0.2) is 50.9 Å². The molecule has 0 radical (unpaired) electrons. The minimum Gasteiger partial charge on any atom is -0.381 e. The molecule has 36 heavy (non-hydrogen) atoms. The molecule has 2 aromatic carbocycles. The molecule has 4 rings (SSSR count). The third-order valence-electron chi connectivity index (χ3n) is 5.43. The van der Waals surface area contributed by atoms with Gasteiger partial charge in [-0.25, -0.2) is 19.5 Å². The Morgan fingerprint density at radius 2 is 1.75 bits per heavy atom. The van der Waals surface area contributed by atoms with E-state index in [9.17, 15) is 19.1 Å². The molecule has 9 nitrogen and oxygen atoms in total. The third-order valence-corrected chi connectivity index (χ3v) is 5.43. The summed E-state index contributed by atoms with van der Waals surface area (Å²) in [4.78, 5) is 34.4. The van der Waals surface area contributed by atoms with Crippen LogP contribution in [0.2, 0.25) is 0 Å². The second kappa shape index (κ2) is 11.3. The third kappa shape index (κ3) is 5.62. The van der Waals surface area contributed by atoms with Crippen LogP contribution in [0, 0.1) is 5.82 Å². The number of aliphatic hydroxyl groups is 1. The van der Waals surface area contributed by atoms with Crippen molar-refractivity contribution in [3.63, 3.8) is 0 Å². The number of rotatable bonds is 9. The molecule has 3 N–H and O–H groups in total. The van der Waals surface area contributed by atoms with Gasteiger partial charge in [-0.15, -0.1) is 0 Å². The lowest BCUT2D eigenvalue weighted by Crippen LogP contribution is -2.51. The maximum absolute atomic E-state index is 14.7. The average molecular weight is 490 g/mol. The van der Waals surface area contributed by atoms with Gasteiger partial charge in [-0.1, -0.05) is 60.7 Å². The van der Waals surface area contributed by atoms with Crippen molar-refractivity contribution in [2.75, 3.05) is 7.11 Å². The summed E-state index contributed by atoms with van der Waals surface area (Å²) in [5.41, 5.74) is 3.64. The molecule has 0 saturated carbocycles. The summed E-state index contributed by atoms with van der Waals surface area (Å²) < 4.78 is 15.9. The fraction of sp³-hybridized carbons (Fsp3) is 0.154. The van der Waals surface area contributed by atoms with Crippen molar-refractivity contribution >= 4 is 11.8 Å². The highest BCUT2D eigenvalue weighted by molar-refractivity contribution is 5.97. The first-order chi connectivity index (χ1) is 17.5. The second-order valence-corrected chi connectivity index (χ2v) is 7.90. The van der Waals surface area contributed by atoms with Crippen LogP contribution in [0.3, 0.4) is 0 Å². The first-order valence-electron chi connectivity index (χ1n) is 11.1. The number of pyridine rings is 1. The van der Waals surface area contributed by atoms with E-state index in [1.807, 2.05) is 36.4 Å². The maximum Gasteiger partial charge on any atom is 0.274 e. The fourth-order valence-electron chi connectivity index (χ4n) is 3.71. The van der Waals surface area contributed by atoms with Crippen LogP contribution >= 0.6 is 0 Å². The number of benzene rings is 2. The molecule has 2 atom stereocenters. The predicted octanol–water partition coefficient (Wildman–Crippen LogP) is 2.45. The number of nitrogens with zero attached hydrogens (tertiary/aromatic N) is 3. The van der Waals surface area contributed by atoms with Crippen molar-refractivity contribution in [1.82, 2.24) is 25.6 Å². The van der Waals surface area contributed by atoms with Gasteiger partial charge in [0, 0.05) is 11.8 Å². The number of aromatic nitrogens is 3. The van der Waals surface area contributed by atoms with Gasteiger partial charge in [0.1, 0.15) is 5.69 Å². The number of hydrogen-bond acceptors (Lipinski definition) is 6. The van der Waals surface area contributed by atoms with E-state index >= 15 is 0 Å². The molecule has 0 spiro atoms. The first-order valence-corrected chi connectivity index (χ1v) is 11.1. The van der Waals surface area contributed by atoms with E-state index in [1.165, 1.54) is 24.1 Å². The second-order valence-electron chi connectivity index (χ2n) is 7.90. The number of hydroxylamine groups is 1. The lowest BCUT2D eigenvalue weighted by molar-refractivity contribution is -0.141. The minimum absolute atomic E-state index is 0.0806. The zero-order valence-electron chi connectivity index (χ0n) is 19.3. The zero-order valence-corrected chi connectivity index (χ0v) is 19.3. The predicted molar refractivity (Wildman–Crippen MR) is 129 cm³/mol. The van der Waals surface area contributed by atoms with E-state index in [-0.39, 0.29) is 23.5 Å². The van der Waals surface area contributed by atoms with E-state index in [4.69, 9.17) is 0 Å². The molecular formula is C26H24FN5O4. The van der Waals surface area contributed by atoms with Crippen LogP contribution in [0.15, 0.2) is 85.2 Å². The normalized spacial score (nSPS) is 12.5. The number of carbonyl (C=O) groups is 2. The molecule has 0 aliphatic rings. The summed E-state index contributed by atoms with van der Waals surface area (Å²) in [5, 5.41) is 17.6. The molecular weight excluding hydrogens is 465 g/mol. The van der Waals surface area contributed by atoms with E-state index < -0.39 is 29.8 Å². The maximum atomic E-state index is 14.7. The molecule has 184 valence electrons. The summed E-state index contributed by atoms with van der Waals surface area (Å²) in [6.07, 6.45) is 1.15. The van der Waals surface area contributed by atoms with Crippen molar-refractivity contribution in [3.8, 4) is 17.1 Å². The van der Waals surface area contributed by atoms with Crippen LogP contribution in [0.4, 0.5) is 4.39 Å². The molecule has 2 unspecified atom stereocenters. The summed E-state index contributed by atoms with van der Waals surface area (Å²) >= 11 is 0. The number of amides is 2. The van der Waals surface area contributed by atoms with E-state index in [2.05, 4.69) is 25.7 Å². The molecule has 0 aliphatic heterocycles. The number of aliphatic hydroxyl groups excluding tert-OH is 1. The lowest BCUT2D eigenvalue weighted by atomic mass is 10.00. The molecule has 4 aromatic rings. The molecule has 2 aromatic heterocycles. The van der Waals surface area contributed by atoms with Gasteiger partial charge in [-0.2, -0.15) is 5.10 Å². The Kier molecular flexibility index (Phi) is 7.79. The van der Waals surface area contributed by atoms with E-state index in [0.717, 1.165) is 11.8 Å². The van der Waals surface area contributed by atoms with Crippen molar-refractivity contribution in [3.05, 3.63) is 102 Å². The molecule has 2 heterocycles. The fourth-order valence-corrected chi connectivity index (χ4v) is 3.71. The minimum atomic E-state index is -1.61. The van der Waals surface area contributed by atoms with Crippen LogP contribution in [0.5, 0.6) is 0 Å². The quantitative estimate of drug-likeness (QED) is 0.311. The summed E-state index contributed by atoms with van der Waals surface area (Å²) in [6, 6.07) is 19.9. The number of halogens is 1. The van der Waals surface area contributed by atoms with Gasteiger partial charge >= 0.3 is 0 Å². The lowest BCUT2D eigenvalue weighted by Gasteiger charge is -2.24.